The minimum atomic E-state index is -4.51. The van der Waals surface area contributed by atoms with Gasteiger partial charge in [-0.1, -0.05) is 13.8 Å². The maximum atomic E-state index is 12.9. The molecule has 0 saturated heterocycles. The summed E-state index contributed by atoms with van der Waals surface area (Å²) in [5, 5.41) is 0. The average molecular weight is 273 g/mol. The van der Waals surface area contributed by atoms with Crippen LogP contribution in [0.4, 0.5) is 18.9 Å². The van der Waals surface area contributed by atoms with Crippen molar-refractivity contribution in [1.29, 1.82) is 0 Å². The molecule has 0 aliphatic rings. The highest BCUT2D eigenvalue weighted by Gasteiger charge is 2.33. The predicted octanol–water partition coefficient (Wildman–Crippen LogP) is 4.00. The average Bonchev–Trinajstić information content (AvgIpc) is 2.34. The van der Waals surface area contributed by atoms with E-state index in [0.717, 1.165) is 6.07 Å². The van der Waals surface area contributed by atoms with Gasteiger partial charge in [-0.25, -0.2) is 0 Å². The molecule has 0 bridgehead atoms. The topological polar surface area (TPSA) is 20.3 Å². The Morgan fingerprint density at radius 3 is 2.37 bits per heavy atom. The molecule has 106 valence electrons. The van der Waals surface area contributed by atoms with E-state index in [4.69, 9.17) is 0 Å². The van der Waals surface area contributed by atoms with Crippen molar-refractivity contribution in [2.45, 2.75) is 26.9 Å². The van der Waals surface area contributed by atoms with E-state index in [-0.39, 0.29) is 11.8 Å². The third-order valence-corrected chi connectivity index (χ3v) is 2.80. The van der Waals surface area contributed by atoms with Crippen LogP contribution >= 0.6 is 0 Å². The van der Waals surface area contributed by atoms with Gasteiger partial charge in [-0.05, 0) is 31.0 Å². The summed E-state index contributed by atoms with van der Waals surface area (Å²) in [5.41, 5.74) is -0.701. The van der Waals surface area contributed by atoms with E-state index in [1.165, 1.54) is 6.07 Å². The second-order valence-electron chi connectivity index (χ2n) is 4.82. The number of hydrogen-bond donors (Lipinski definition) is 0. The molecular formula is C14H18F3NO. The van der Waals surface area contributed by atoms with Gasteiger partial charge >= 0.3 is 6.18 Å². The van der Waals surface area contributed by atoms with Crippen LogP contribution in [0.2, 0.25) is 0 Å². The van der Waals surface area contributed by atoms with Gasteiger partial charge in [0.1, 0.15) is 0 Å². The van der Waals surface area contributed by atoms with Gasteiger partial charge in [-0.2, -0.15) is 13.2 Å². The second kappa shape index (κ2) is 6.08. The molecule has 1 aromatic carbocycles. The number of carbonyl (C=O) groups is 1. The molecule has 1 aromatic rings. The fourth-order valence-corrected chi connectivity index (χ4v) is 1.95. The molecule has 5 heteroatoms. The summed E-state index contributed by atoms with van der Waals surface area (Å²) in [6, 6.07) is 3.84. The standard InChI is InChI=1S/C14H18F3NO/c1-4-18(8-10(2)3)12-6-5-11(9-19)13(7-12)14(15,16)17/h5-7,9-10H,4,8H2,1-3H3. The number of aldehydes is 1. The van der Waals surface area contributed by atoms with Crippen LogP contribution in [0.25, 0.3) is 0 Å². The van der Waals surface area contributed by atoms with Gasteiger partial charge in [0, 0.05) is 24.3 Å². The SMILES string of the molecule is CCN(CC(C)C)c1ccc(C=O)c(C(F)(F)F)c1. The first-order valence-electron chi connectivity index (χ1n) is 6.21. The number of nitrogens with zero attached hydrogens (tertiary/aromatic N) is 1. The summed E-state index contributed by atoms with van der Waals surface area (Å²) in [6.07, 6.45) is -4.27. The van der Waals surface area contributed by atoms with Crippen LogP contribution in [-0.2, 0) is 6.18 Å². The lowest BCUT2D eigenvalue weighted by atomic mass is 10.1. The zero-order valence-electron chi connectivity index (χ0n) is 11.3. The lowest BCUT2D eigenvalue weighted by molar-refractivity contribution is -0.137. The Morgan fingerprint density at radius 1 is 1.32 bits per heavy atom. The first-order valence-corrected chi connectivity index (χ1v) is 6.21. The molecule has 0 N–H and O–H groups in total. The Hall–Kier alpha value is -1.52. The molecule has 0 saturated carbocycles. The summed E-state index contributed by atoms with van der Waals surface area (Å²) >= 11 is 0. The smallest absolute Gasteiger partial charge is 0.372 e. The molecule has 1 rings (SSSR count). The van der Waals surface area contributed by atoms with E-state index in [0.29, 0.717) is 24.7 Å². The van der Waals surface area contributed by atoms with Crippen LogP contribution in [0.3, 0.4) is 0 Å². The maximum absolute atomic E-state index is 12.9. The van der Waals surface area contributed by atoms with Gasteiger partial charge < -0.3 is 4.90 Å². The highest BCUT2D eigenvalue weighted by Crippen LogP contribution is 2.34. The van der Waals surface area contributed by atoms with Crippen molar-refractivity contribution in [3.63, 3.8) is 0 Å². The van der Waals surface area contributed by atoms with Crippen molar-refractivity contribution in [2.75, 3.05) is 18.0 Å². The molecule has 0 unspecified atom stereocenters. The van der Waals surface area contributed by atoms with E-state index in [1.54, 1.807) is 6.07 Å². The van der Waals surface area contributed by atoms with Gasteiger partial charge in [-0.15, -0.1) is 0 Å². The Kier molecular flexibility index (Phi) is 4.97. The molecule has 0 aliphatic heterocycles. The first kappa shape index (κ1) is 15.5. The Balaban J connectivity index is 3.20. The monoisotopic (exact) mass is 273 g/mol. The number of hydrogen-bond acceptors (Lipinski definition) is 2. The fourth-order valence-electron chi connectivity index (χ4n) is 1.95. The van der Waals surface area contributed by atoms with Crippen LogP contribution in [-0.4, -0.2) is 19.4 Å². The van der Waals surface area contributed by atoms with Gasteiger partial charge in [0.25, 0.3) is 0 Å². The first-order chi connectivity index (χ1) is 8.79. The molecule has 0 heterocycles. The van der Waals surface area contributed by atoms with Gasteiger partial charge in [0.05, 0.1) is 5.56 Å². The lowest BCUT2D eigenvalue weighted by Gasteiger charge is -2.26. The predicted molar refractivity (Wildman–Crippen MR) is 69.6 cm³/mol. The molecule has 2 nitrogen and oxygen atoms in total. The molecule has 0 amide bonds. The zero-order valence-corrected chi connectivity index (χ0v) is 11.3. The summed E-state index contributed by atoms with van der Waals surface area (Å²) in [4.78, 5) is 12.6. The molecule has 0 aliphatic carbocycles. The van der Waals surface area contributed by atoms with E-state index in [1.807, 2.05) is 25.7 Å². The maximum Gasteiger partial charge on any atom is 0.417 e. The lowest BCUT2D eigenvalue weighted by Crippen LogP contribution is -2.27. The summed E-state index contributed by atoms with van der Waals surface area (Å²) in [6.45, 7) is 7.20. The van der Waals surface area contributed by atoms with Crippen molar-refractivity contribution in [2.24, 2.45) is 5.92 Å². The van der Waals surface area contributed by atoms with E-state index >= 15 is 0 Å². The highest BCUT2D eigenvalue weighted by molar-refractivity contribution is 5.79. The van der Waals surface area contributed by atoms with Crippen LogP contribution in [0, 0.1) is 5.92 Å². The van der Waals surface area contributed by atoms with Crippen molar-refractivity contribution in [1.82, 2.24) is 0 Å². The van der Waals surface area contributed by atoms with Crippen LogP contribution in [0.1, 0.15) is 36.7 Å². The number of halogens is 3. The molecule has 0 spiro atoms. The minimum absolute atomic E-state index is 0.241. The van der Waals surface area contributed by atoms with Gasteiger partial charge in [-0.3, -0.25) is 4.79 Å². The Bertz CT molecular complexity index is 441. The number of anilines is 1. The fraction of sp³-hybridized carbons (Fsp3) is 0.500. The van der Waals surface area contributed by atoms with Crippen LogP contribution in [0.15, 0.2) is 18.2 Å². The minimum Gasteiger partial charge on any atom is -0.372 e. The molecule has 19 heavy (non-hydrogen) atoms. The number of rotatable bonds is 5. The van der Waals surface area contributed by atoms with Crippen molar-refractivity contribution in [3.05, 3.63) is 29.3 Å². The van der Waals surface area contributed by atoms with Crippen molar-refractivity contribution >= 4 is 12.0 Å². The quantitative estimate of drug-likeness (QED) is 0.756. The van der Waals surface area contributed by atoms with Gasteiger partial charge in [0.2, 0.25) is 0 Å². The third-order valence-electron chi connectivity index (χ3n) is 2.80. The van der Waals surface area contributed by atoms with Crippen LogP contribution in [0.5, 0.6) is 0 Å². The third kappa shape index (κ3) is 3.98. The summed E-state index contributed by atoms with van der Waals surface area (Å²) in [7, 11) is 0. The van der Waals surface area contributed by atoms with Crippen molar-refractivity contribution in [3.8, 4) is 0 Å². The van der Waals surface area contributed by atoms with E-state index in [2.05, 4.69) is 0 Å². The molecular weight excluding hydrogens is 255 g/mol. The summed E-state index contributed by atoms with van der Waals surface area (Å²) < 4.78 is 38.6. The Labute approximate surface area is 111 Å². The number of alkyl halides is 3. The number of carbonyl (C=O) groups excluding carboxylic acids is 1. The largest absolute Gasteiger partial charge is 0.417 e. The Morgan fingerprint density at radius 2 is 1.95 bits per heavy atom. The highest BCUT2D eigenvalue weighted by atomic mass is 19.4. The van der Waals surface area contributed by atoms with Crippen LogP contribution < -0.4 is 4.90 Å². The van der Waals surface area contributed by atoms with Crippen molar-refractivity contribution < 1.29 is 18.0 Å². The van der Waals surface area contributed by atoms with E-state index < -0.39 is 11.7 Å². The molecule has 0 aromatic heterocycles. The van der Waals surface area contributed by atoms with E-state index in [9.17, 15) is 18.0 Å². The second-order valence-corrected chi connectivity index (χ2v) is 4.82. The molecule has 0 fully saturated rings. The molecule has 0 atom stereocenters. The van der Waals surface area contributed by atoms with Gasteiger partial charge in [0.15, 0.2) is 6.29 Å². The normalized spacial score (nSPS) is 11.7. The zero-order chi connectivity index (χ0) is 14.6. The number of benzene rings is 1. The summed E-state index contributed by atoms with van der Waals surface area (Å²) in [5.74, 6) is 0.347. The molecule has 0 radical (unpaired) electrons.